The normalized spacial score (nSPS) is 20.7. The van der Waals surface area contributed by atoms with Crippen molar-refractivity contribution in [2.45, 2.75) is 32.7 Å². The van der Waals surface area contributed by atoms with Crippen molar-refractivity contribution in [1.82, 2.24) is 10.6 Å². The minimum Gasteiger partial charge on any atom is -0.396 e. The molecular formula is C20H35IN4O2. The number of benzene rings is 1. The monoisotopic (exact) mass is 490 g/mol. The van der Waals surface area contributed by atoms with Crippen LogP contribution in [-0.4, -0.2) is 63.6 Å². The first-order chi connectivity index (χ1) is 12.6. The number of hydrogen-bond acceptors (Lipinski definition) is 4. The molecule has 2 unspecified atom stereocenters. The van der Waals surface area contributed by atoms with Gasteiger partial charge in [0, 0.05) is 50.5 Å². The fourth-order valence-corrected chi connectivity index (χ4v) is 3.18. The van der Waals surface area contributed by atoms with E-state index in [9.17, 15) is 5.11 Å². The van der Waals surface area contributed by atoms with E-state index < -0.39 is 0 Å². The second-order valence-electron chi connectivity index (χ2n) is 7.15. The third kappa shape index (κ3) is 7.46. The summed E-state index contributed by atoms with van der Waals surface area (Å²) >= 11 is 0. The van der Waals surface area contributed by atoms with Crippen LogP contribution in [0.3, 0.4) is 0 Å². The number of rotatable bonds is 9. The lowest BCUT2D eigenvalue weighted by Gasteiger charge is -2.28. The Morgan fingerprint density at radius 3 is 2.67 bits per heavy atom. The predicted octanol–water partition coefficient (Wildman–Crippen LogP) is 2.47. The zero-order valence-electron chi connectivity index (χ0n) is 16.8. The van der Waals surface area contributed by atoms with Crippen LogP contribution >= 0.6 is 24.0 Å². The van der Waals surface area contributed by atoms with Crippen molar-refractivity contribution in [2.24, 2.45) is 10.4 Å². The van der Waals surface area contributed by atoms with Crippen molar-refractivity contribution in [3.05, 3.63) is 30.3 Å². The van der Waals surface area contributed by atoms with Gasteiger partial charge >= 0.3 is 0 Å². The maximum Gasteiger partial charge on any atom is 0.191 e. The standard InChI is InChI=1S/C20H34N4O2.HI/c1-4-21-19(23-15-20(10-12-25)11-13-26-16-20)22-14-17(2)24(3)18-8-6-5-7-9-18;/h5-9,17,25H,4,10-16H2,1-3H3,(H2,21,22,23);1H. The van der Waals surface area contributed by atoms with Gasteiger partial charge in [-0.1, -0.05) is 18.2 Å². The Hall–Kier alpha value is -1.06. The molecule has 0 aliphatic carbocycles. The Balaban J connectivity index is 0.00000364. The number of nitrogens with one attached hydrogen (secondary N) is 2. The number of nitrogens with zero attached hydrogens (tertiary/aromatic N) is 2. The largest absolute Gasteiger partial charge is 0.396 e. The van der Waals surface area contributed by atoms with Crippen LogP contribution in [0.4, 0.5) is 5.69 Å². The van der Waals surface area contributed by atoms with E-state index in [0.717, 1.165) is 38.5 Å². The van der Waals surface area contributed by atoms with Crippen LogP contribution in [0, 0.1) is 5.41 Å². The highest BCUT2D eigenvalue weighted by molar-refractivity contribution is 14.0. The maximum atomic E-state index is 9.37. The van der Waals surface area contributed by atoms with Crippen molar-refractivity contribution in [3.63, 3.8) is 0 Å². The van der Waals surface area contributed by atoms with Crippen LogP contribution in [-0.2, 0) is 4.74 Å². The molecule has 1 saturated heterocycles. The lowest BCUT2D eigenvalue weighted by atomic mass is 9.84. The average molecular weight is 490 g/mol. The highest BCUT2D eigenvalue weighted by Crippen LogP contribution is 2.32. The van der Waals surface area contributed by atoms with E-state index in [1.54, 1.807) is 0 Å². The van der Waals surface area contributed by atoms with Gasteiger partial charge in [0.2, 0.25) is 0 Å². The van der Waals surface area contributed by atoms with Crippen molar-refractivity contribution >= 4 is 35.6 Å². The van der Waals surface area contributed by atoms with Crippen LogP contribution in [0.5, 0.6) is 0 Å². The molecule has 3 N–H and O–H groups in total. The van der Waals surface area contributed by atoms with Gasteiger partial charge in [0.15, 0.2) is 5.96 Å². The number of aliphatic hydroxyl groups excluding tert-OH is 1. The third-order valence-corrected chi connectivity index (χ3v) is 5.13. The molecule has 154 valence electrons. The number of para-hydroxylation sites is 1. The molecule has 0 aromatic heterocycles. The van der Waals surface area contributed by atoms with Gasteiger partial charge in [0.05, 0.1) is 13.2 Å². The summed E-state index contributed by atoms with van der Waals surface area (Å²) in [6, 6.07) is 10.7. The lowest BCUT2D eigenvalue weighted by molar-refractivity contribution is 0.131. The molecule has 27 heavy (non-hydrogen) atoms. The van der Waals surface area contributed by atoms with Crippen molar-refractivity contribution in [3.8, 4) is 0 Å². The number of ether oxygens (including phenoxy) is 1. The molecule has 6 nitrogen and oxygen atoms in total. The molecule has 2 rings (SSSR count). The number of hydrogen-bond donors (Lipinski definition) is 3. The summed E-state index contributed by atoms with van der Waals surface area (Å²) in [5.74, 6) is 0.824. The van der Waals surface area contributed by atoms with Gasteiger partial charge in [-0.15, -0.1) is 24.0 Å². The zero-order chi connectivity index (χ0) is 18.8. The Bertz CT molecular complexity index is 550. The number of aliphatic imine (C=N–C) groups is 1. The minimum absolute atomic E-state index is 0. The second kappa shape index (κ2) is 12.4. The molecule has 1 aromatic rings. The number of guanidine groups is 1. The highest BCUT2D eigenvalue weighted by atomic mass is 127. The predicted molar refractivity (Wildman–Crippen MR) is 123 cm³/mol. The molecule has 0 bridgehead atoms. The van der Waals surface area contributed by atoms with Crippen LogP contribution in [0.1, 0.15) is 26.7 Å². The molecule has 0 amide bonds. The van der Waals surface area contributed by atoms with Gasteiger partial charge in [0.25, 0.3) is 0 Å². The third-order valence-electron chi connectivity index (χ3n) is 5.13. The Labute approximate surface area is 180 Å². The van der Waals surface area contributed by atoms with E-state index in [2.05, 4.69) is 60.7 Å². The summed E-state index contributed by atoms with van der Waals surface area (Å²) in [7, 11) is 2.11. The van der Waals surface area contributed by atoms with Gasteiger partial charge in [-0.2, -0.15) is 0 Å². The SMILES string of the molecule is CCNC(=NCC1(CCO)CCOC1)NCC(C)N(C)c1ccccc1.I. The molecule has 1 aromatic carbocycles. The Kier molecular flexibility index (Phi) is 11.0. The molecule has 1 fully saturated rings. The van der Waals surface area contributed by atoms with E-state index >= 15 is 0 Å². The van der Waals surface area contributed by atoms with Gasteiger partial charge in [-0.05, 0) is 38.8 Å². The van der Waals surface area contributed by atoms with Crippen LogP contribution in [0.2, 0.25) is 0 Å². The quantitative estimate of drug-likeness (QED) is 0.282. The van der Waals surface area contributed by atoms with Crippen LogP contribution in [0.25, 0.3) is 0 Å². The fourth-order valence-electron chi connectivity index (χ4n) is 3.18. The molecule has 7 heteroatoms. The topological polar surface area (TPSA) is 69.1 Å². The Morgan fingerprint density at radius 2 is 2.07 bits per heavy atom. The summed E-state index contributed by atoms with van der Waals surface area (Å²) in [5, 5.41) is 16.1. The lowest BCUT2D eigenvalue weighted by Crippen LogP contribution is -2.45. The van der Waals surface area contributed by atoms with E-state index in [0.29, 0.717) is 19.2 Å². The molecule has 1 aliphatic heterocycles. The molecule has 1 heterocycles. The molecule has 0 saturated carbocycles. The summed E-state index contributed by atoms with van der Waals surface area (Å²) in [4.78, 5) is 7.03. The maximum absolute atomic E-state index is 9.37. The first-order valence-corrected chi connectivity index (χ1v) is 9.59. The number of likely N-dealkylation sites (N-methyl/N-ethyl adjacent to an activating group) is 1. The van der Waals surface area contributed by atoms with E-state index in [1.165, 1.54) is 5.69 Å². The fraction of sp³-hybridized carbons (Fsp3) is 0.650. The summed E-state index contributed by atoms with van der Waals surface area (Å²) < 4.78 is 5.56. The minimum atomic E-state index is -0.0243. The molecular weight excluding hydrogens is 455 g/mol. The van der Waals surface area contributed by atoms with E-state index in [4.69, 9.17) is 9.73 Å². The van der Waals surface area contributed by atoms with Gasteiger partial charge in [0.1, 0.15) is 0 Å². The second-order valence-corrected chi connectivity index (χ2v) is 7.15. The average Bonchev–Trinajstić information content (AvgIpc) is 3.13. The van der Waals surface area contributed by atoms with Gasteiger partial charge in [-0.3, -0.25) is 4.99 Å². The molecule has 0 spiro atoms. The number of halogens is 1. The molecule has 0 radical (unpaired) electrons. The van der Waals surface area contributed by atoms with Crippen molar-refractivity contribution < 1.29 is 9.84 Å². The van der Waals surface area contributed by atoms with Gasteiger partial charge in [-0.25, -0.2) is 0 Å². The zero-order valence-corrected chi connectivity index (χ0v) is 19.1. The summed E-state index contributed by atoms with van der Waals surface area (Å²) in [6.45, 7) is 8.18. The van der Waals surface area contributed by atoms with E-state index in [1.807, 2.05) is 6.07 Å². The van der Waals surface area contributed by atoms with Crippen molar-refractivity contribution in [2.75, 3.05) is 51.4 Å². The number of aliphatic hydroxyl groups is 1. The van der Waals surface area contributed by atoms with Gasteiger partial charge < -0.3 is 25.4 Å². The summed E-state index contributed by atoms with van der Waals surface area (Å²) in [5.41, 5.74) is 1.18. The number of anilines is 1. The first kappa shape index (κ1) is 24.0. The van der Waals surface area contributed by atoms with E-state index in [-0.39, 0.29) is 36.0 Å². The first-order valence-electron chi connectivity index (χ1n) is 9.59. The smallest absolute Gasteiger partial charge is 0.191 e. The van der Waals surface area contributed by atoms with Crippen LogP contribution in [0.15, 0.2) is 35.3 Å². The molecule has 1 aliphatic rings. The summed E-state index contributed by atoms with van der Waals surface area (Å²) in [6.07, 6.45) is 1.70. The van der Waals surface area contributed by atoms with Crippen LogP contribution < -0.4 is 15.5 Å². The highest BCUT2D eigenvalue weighted by Gasteiger charge is 2.34. The van der Waals surface area contributed by atoms with Crippen molar-refractivity contribution in [1.29, 1.82) is 0 Å². The Morgan fingerprint density at radius 1 is 1.33 bits per heavy atom. The molecule has 2 atom stereocenters.